The van der Waals surface area contributed by atoms with Gasteiger partial charge in [0.25, 0.3) is 11.8 Å². The van der Waals surface area contributed by atoms with Crippen molar-refractivity contribution in [3.8, 4) is 5.75 Å². The smallest absolute Gasteiger partial charge is 0.257 e. The van der Waals surface area contributed by atoms with Crippen molar-refractivity contribution in [3.63, 3.8) is 0 Å². The molecule has 2 N–H and O–H groups in total. The van der Waals surface area contributed by atoms with Crippen molar-refractivity contribution in [2.75, 3.05) is 32.1 Å². The third-order valence-corrected chi connectivity index (χ3v) is 5.84. The highest BCUT2D eigenvalue weighted by atomic mass is 16.5. The van der Waals surface area contributed by atoms with Gasteiger partial charge in [0.1, 0.15) is 5.75 Å². The normalized spacial score (nSPS) is 14.5. The van der Waals surface area contributed by atoms with Crippen molar-refractivity contribution in [1.82, 2.24) is 15.2 Å². The Balaban J connectivity index is 1.45. The summed E-state index contributed by atoms with van der Waals surface area (Å²) in [6.07, 6.45) is 5.42. The molecule has 1 saturated heterocycles. The van der Waals surface area contributed by atoms with Gasteiger partial charge in [-0.25, -0.2) is 0 Å². The van der Waals surface area contributed by atoms with Gasteiger partial charge in [-0.05, 0) is 62.3 Å². The number of anilines is 1. The summed E-state index contributed by atoms with van der Waals surface area (Å²) in [5.74, 6) is 0.362. The molecule has 7 nitrogen and oxygen atoms in total. The first-order chi connectivity index (χ1) is 16.2. The standard InChI is InChI=1S/C26H28N4O3/c1-33-24-12-3-2-11-22(24)23(30-14-4-5-15-30)18-28-25(31)19-8-6-10-21(16-19)29-26(32)20-9-7-13-27-17-20/h2-3,6-13,16-17,23H,4-5,14-15,18H2,1H3,(H,28,31)(H,29,32)/t23-/m1/s1. The van der Waals surface area contributed by atoms with Crippen LogP contribution >= 0.6 is 0 Å². The quantitative estimate of drug-likeness (QED) is 0.550. The summed E-state index contributed by atoms with van der Waals surface area (Å²) in [4.78, 5) is 31.7. The van der Waals surface area contributed by atoms with Crippen LogP contribution in [0.15, 0.2) is 73.1 Å². The molecule has 0 aliphatic carbocycles. The topological polar surface area (TPSA) is 83.6 Å². The van der Waals surface area contributed by atoms with E-state index in [1.165, 1.54) is 6.20 Å². The molecule has 1 aromatic heterocycles. The highest BCUT2D eigenvalue weighted by molar-refractivity contribution is 6.04. The maximum atomic E-state index is 13.0. The number of hydrogen-bond acceptors (Lipinski definition) is 5. The predicted molar refractivity (Wildman–Crippen MR) is 128 cm³/mol. The Morgan fingerprint density at radius 3 is 2.55 bits per heavy atom. The molecular weight excluding hydrogens is 416 g/mol. The van der Waals surface area contributed by atoms with Gasteiger partial charge in [-0.15, -0.1) is 0 Å². The number of hydrogen-bond donors (Lipinski definition) is 2. The van der Waals surface area contributed by atoms with Gasteiger partial charge in [0, 0.05) is 35.8 Å². The summed E-state index contributed by atoms with van der Waals surface area (Å²) < 4.78 is 5.58. The second kappa shape index (κ2) is 10.7. The first-order valence-corrected chi connectivity index (χ1v) is 11.1. The van der Waals surface area contributed by atoms with Gasteiger partial charge < -0.3 is 15.4 Å². The minimum atomic E-state index is -0.272. The van der Waals surface area contributed by atoms with Crippen LogP contribution in [-0.2, 0) is 0 Å². The molecule has 0 saturated carbocycles. The Labute approximate surface area is 193 Å². The number of likely N-dealkylation sites (tertiary alicyclic amines) is 1. The number of amides is 2. The van der Waals surface area contributed by atoms with Crippen molar-refractivity contribution >= 4 is 17.5 Å². The first kappa shape index (κ1) is 22.5. The Hall–Kier alpha value is -3.71. The molecule has 2 amide bonds. The number of nitrogens with one attached hydrogen (secondary N) is 2. The summed E-state index contributed by atoms with van der Waals surface area (Å²) in [6.45, 7) is 2.45. The minimum absolute atomic E-state index is 0.0288. The summed E-state index contributed by atoms with van der Waals surface area (Å²) >= 11 is 0. The second-order valence-electron chi connectivity index (χ2n) is 7.99. The van der Waals surface area contributed by atoms with Gasteiger partial charge in [-0.3, -0.25) is 19.5 Å². The third kappa shape index (κ3) is 5.56. The zero-order chi connectivity index (χ0) is 23.0. The Kier molecular flexibility index (Phi) is 7.32. The fraction of sp³-hybridized carbons (Fsp3) is 0.269. The third-order valence-electron chi connectivity index (χ3n) is 5.84. The average molecular weight is 445 g/mol. The van der Waals surface area contributed by atoms with E-state index in [2.05, 4.69) is 26.6 Å². The molecular formula is C26H28N4O3. The lowest BCUT2D eigenvalue weighted by Gasteiger charge is -2.29. The lowest BCUT2D eigenvalue weighted by molar-refractivity contribution is 0.0936. The fourth-order valence-electron chi connectivity index (χ4n) is 4.16. The van der Waals surface area contributed by atoms with Gasteiger partial charge >= 0.3 is 0 Å². The van der Waals surface area contributed by atoms with E-state index in [0.29, 0.717) is 23.4 Å². The Morgan fingerprint density at radius 1 is 1.00 bits per heavy atom. The number of aromatic nitrogens is 1. The van der Waals surface area contributed by atoms with Crippen LogP contribution in [0.3, 0.4) is 0 Å². The number of benzene rings is 2. The lowest BCUT2D eigenvalue weighted by atomic mass is 10.0. The largest absolute Gasteiger partial charge is 0.496 e. The summed E-state index contributed by atoms with van der Waals surface area (Å²) in [5.41, 5.74) is 2.56. The molecule has 7 heteroatoms. The minimum Gasteiger partial charge on any atom is -0.496 e. The number of nitrogens with zero attached hydrogens (tertiary/aromatic N) is 2. The van der Waals surface area contributed by atoms with Crippen LogP contribution in [0, 0.1) is 0 Å². The number of rotatable bonds is 8. The Morgan fingerprint density at radius 2 is 1.79 bits per heavy atom. The molecule has 0 unspecified atom stereocenters. The summed E-state index contributed by atoms with van der Waals surface area (Å²) in [7, 11) is 1.67. The SMILES string of the molecule is COc1ccccc1[C@@H](CNC(=O)c1cccc(NC(=O)c2cccnc2)c1)N1CCCC1. The molecule has 2 heterocycles. The number of para-hydroxylation sites is 1. The van der Waals surface area contributed by atoms with Crippen LogP contribution in [-0.4, -0.2) is 48.4 Å². The van der Waals surface area contributed by atoms with Crippen LogP contribution < -0.4 is 15.4 Å². The molecule has 1 aliphatic rings. The number of methoxy groups -OCH3 is 1. The van der Waals surface area contributed by atoms with E-state index in [-0.39, 0.29) is 17.9 Å². The molecule has 1 fully saturated rings. The highest BCUT2D eigenvalue weighted by Crippen LogP contribution is 2.31. The zero-order valence-electron chi connectivity index (χ0n) is 18.7. The van der Waals surface area contributed by atoms with Gasteiger partial charge in [0.2, 0.25) is 0 Å². The number of carbonyl (C=O) groups is 2. The first-order valence-electron chi connectivity index (χ1n) is 11.1. The van der Waals surface area contributed by atoms with E-state index in [9.17, 15) is 9.59 Å². The van der Waals surface area contributed by atoms with E-state index in [1.54, 1.807) is 49.7 Å². The summed E-state index contributed by atoms with van der Waals surface area (Å²) in [5, 5.41) is 5.90. The second-order valence-corrected chi connectivity index (χ2v) is 7.99. The van der Waals surface area contributed by atoms with Gasteiger partial charge in [-0.1, -0.05) is 24.3 Å². The monoisotopic (exact) mass is 444 g/mol. The fourth-order valence-corrected chi connectivity index (χ4v) is 4.16. The molecule has 33 heavy (non-hydrogen) atoms. The van der Waals surface area contributed by atoms with E-state index in [1.807, 2.05) is 18.2 Å². The molecule has 0 spiro atoms. The molecule has 4 rings (SSSR count). The van der Waals surface area contributed by atoms with Crippen LogP contribution in [0.1, 0.15) is 45.2 Å². The predicted octanol–water partition coefficient (Wildman–Crippen LogP) is 3.91. The molecule has 1 aliphatic heterocycles. The van der Waals surface area contributed by atoms with Gasteiger partial charge in [0.05, 0.1) is 18.7 Å². The molecule has 0 bridgehead atoms. The maximum absolute atomic E-state index is 13.0. The van der Waals surface area contributed by atoms with Crippen LogP contribution in [0.25, 0.3) is 0 Å². The molecule has 170 valence electrons. The van der Waals surface area contributed by atoms with Crippen molar-refractivity contribution in [2.45, 2.75) is 18.9 Å². The van der Waals surface area contributed by atoms with E-state index >= 15 is 0 Å². The van der Waals surface area contributed by atoms with Crippen LogP contribution in [0.5, 0.6) is 5.75 Å². The van der Waals surface area contributed by atoms with E-state index < -0.39 is 0 Å². The van der Waals surface area contributed by atoms with Crippen molar-refractivity contribution < 1.29 is 14.3 Å². The van der Waals surface area contributed by atoms with Crippen LogP contribution in [0.4, 0.5) is 5.69 Å². The average Bonchev–Trinajstić information content (AvgIpc) is 3.40. The van der Waals surface area contributed by atoms with E-state index in [4.69, 9.17) is 4.74 Å². The number of carbonyl (C=O) groups excluding carboxylic acids is 2. The lowest BCUT2D eigenvalue weighted by Crippen LogP contribution is -2.37. The maximum Gasteiger partial charge on any atom is 0.257 e. The molecule has 0 radical (unpaired) electrons. The van der Waals surface area contributed by atoms with Gasteiger partial charge in [0.15, 0.2) is 0 Å². The molecule has 1 atom stereocenters. The van der Waals surface area contributed by atoms with Crippen LogP contribution in [0.2, 0.25) is 0 Å². The van der Waals surface area contributed by atoms with Crippen molar-refractivity contribution in [2.24, 2.45) is 0 Å². The molecule has 3 aromatic rings. The number of pyridine rings is 1. The number of ether oxygens (including phenoxy) is 1. The van der Waals surface area contributed by atoms with E-state index in [0.717, 1.165) is 37.2 Å². The van der Waals surface area contributed by atoms with Gasteiger partial charge in [-0.2, -0.15) is 0 Å². The Bertz CT molecular complexity index is 1100. The summed E-state index contributed by atoms with van der Waals surface area (Å²) in [6, 6.07) is 18.3. The highest BCUT2D eigenvalue weighted by Gasteiger charge is 2.26. The molecule has 2 aromatic carbocycles. The van der Waals surface area contributed by atoms with Crippen molar-refractivity contribution in [3.05, 3.63) is 89.7 Å². The zero-order valence-corrected chi connectivity index (χ0v) is 18.7. The van der Waals surface area contributed by atoms with Crippen molar-refractivity contribution in [1.29, 1.82) is 0 Å².